The Bertz CT molecular complexity index is 613. The van der Waals surface area contributed by atoms with Crippen molar-refractivity contribution in [2.75, 3.05) is 5.75 Å². The highest BCUT2D eigenvalue weighted by molar-refractivity contribution is 14.1. The Morgan fingerprint density at radius 2 is 2.30 bits per heavy atom. The van der Waals surface area contributed by atoms with Gasteiger partial charge in [-0.1, -0.05) is 6.92 Å². The number of aromatic nitrogens is 2. The van der Waals surface area contributed by atoms with Crippen LogP contribution in [-0.4, -0.2) is 20.6 Å². The lowest BCUT2D eigenvalue weighted by atomic mass is 10.2. The van der Waals surface area contributed by atoms with Crippen LogP contribution in [0.15, 0.2) is 18.2 Å². The Morgan fingerprint density at radius 3 is 3.05 bits per heavy atom. The smallest absolute Gasteiger partial charge is 0.125 e. The van der Waals surface area contributed by atoms with E-state index in [9.17, 15) is 0 Å². The zero-order chi connectivity index (χ0) is 14.1. The van der Waals surface area contributed by atoms with Gasteiger partial charge >= 0.3 is 0 Å². The molecule has 0 N–H and O–H groups in total. The molecule has 1 saturated carbocycles. The third-order valence-electron chi connectivity index (χ3n) is 3.97. The molecule has 3 rings (SSSR count). The standard InChI is InChI=1S/C15H18ClIN2S/c1-2-20-12-5-4-11(8-12)19-14-6-3-10(17)7-13(14)18-15(19)9-16/h3,6-7,11-12H,2,4-5,8-9H2,1H3. The van der Waals surface area contributed by atoms with Crippen molar-refractivity contribution in [1.82, 2.24) is 9.55 Å². The largest absolute Gasteiger partial charge is 0.324 e. The average Bonchev–Trinajstić information content (AvgIpc) is 3.02. The van der Waals surface area contributed by atoms with Crippen LogP contribution in [0.1, 0.15) is 38.1 Å². The number of fused-ring (bicyclic) bond motifs is 1. The molecule has 1 aromatic heterocycles. The second kappa shape index (κ2) is 6.44. The highest BCUT2D eigenvalue weighted by Gasteiger charge is 2.28. The van der Waals surface area contributed by atoms with Crippen LogP contribution in [-0.2, 0) is 5.88 Å². The Balaban J connectivity index is 1.98. The predicted octanol–water partition coefficient (Wildman–Crippen LogP) is 5.23. The van der Waals surface area contributed by atoms with Crippen LogP contribution in [0.3, 0.4) is 0 Å². The molecule has 1 heterocycles. The van der Waals surface area contributed by atoms with E-state index in [4.69, 9.17) is 16.6 Å². The summed E-state index contributed by atoms with van der Waals surface area (Å²) in [5.74, 6) is 2.73. The minimum absolute atomic E-state index is 0.493. The van der Waals surface area contributed by atoms with E-state index in [2.05, 4.69) is 64.0 Å². The van der Waals surface area contributed by atoms with Crippen LogP contribution in [0.5, 0.6) is 0 Å². The SMILES string of the molecule is CCSC1CCC(n2c(CCl)nc3cc(I)ccc32)C1. The van der Waals surface area contributed by atoms with Gasteiger partial charge in [0.1, 0.15) is 5.82 Å². The van der Waals surface area contributed by atoms with E-state index in [0.29, 0.717) is 11.9 Å². The van der Waals surface area contributed by atoms with Crippen LogP contribution in [0, 0.1) is 3.57 Å². The fourth-order valence-electron chi connectivity index (χ4n) is 3.16. The summed E-state index contributed by atoms with van der Waals surface area (Å²) in [6.07, 6.45) is 3.81. The van der Waals surface area contributed by atoms with E-state index in [-0.39, 0.29) is 0 Å². The van der Waals surface area contributed by atoms with Crippen LogP contribution in [0.25, 0.3) is 11.0 Å². The summed E-state index contributed by atoms with van der Waals surface area (Å²) < 4.78 is 3.63. The van der Waals surface area contributed by atoms with Gasteiger partial charge in [0.25, 0.3) is 0 Å². The van der Waals surface area contributed by atoms with Gasteiger partial charge in [0.2, 0.25) is 0 Å². The van der Waals surface area contributed by atoms with Gasteiger partial charge in [-0.05, 0) is 65.8 Å². The van der Waals surface area contributed by atoms with Crippen molar-refractivity contribution >= 4 is 57.0 Å². The molecule has 2 atom stereocenters. The zero-order valence-corrected chi connectivity index (χ0v) is 15.2. The third kappa shape index (κ3) is 2.83. The molecular weight excluding hydrogens is 403 g/mol. The number of benzene rings is 1. The number of halogens is 2. The molecule has 0 radical (unpaired) electrons. The topological polar surface area (TPSA) is 17.8 Å². The Kier molecular flexibility index (Phi) is 4.82. The first-order chi connectivity index (χ1) is 9.72. The summed E-state index contributed by atoms with van der Waals surface area (Å²) in [5.41, 5.74) is 2.33. The van der Waals surface area contributed by atoms with Crippen molar-refractivity contribution in [3.8, 4) is 0 Å². The third-order valence-corrected chi connectivity index (χ3v) is 6.11. The normalized spacial score (nSPS) is 22.8. The molecule has 0 spiro atoms. The minimum Gasteiger partial charge on any atom is -0.324 e. The van der Waals surface area contributed by atoms with Gasteiger partial charge in [0, 0.05) is 14.9 Å². The number of alkyl halides is 1. The van der Waals surface area contributed by atoms with Crippen molar-refractivity contribution in [2.45, 2.75) is 43.4 Å². The van der Waals surface area contributed by atoms with Crippen LogP contribution in [0.2, 0.25) is 0 Å². The molecule has 1 aliphatic carbocycles. The summed E-state index contributed by atoms with van der Waals surface area (Å²) >= 11 is 10.6. The first kappa shape index (κ1) is 15.0. The molecule has 5 heteroatoms. The quantitative estimate of drug-likeness (QED) is 0.498. The fourth-order valence-corrected chi connectivity index (χ4v) is 4.96. The van der Waals surface area contributed by atoms with Crippen molar-refractivity contribution in [3.05, 3.63) is 27.6 Å². The first-order valence-electron chi connectivity index (χ1n) is 7.06. The zero-order valence-electron chi connectivity index (χ0n) is 11.5. The maximum atomic E-state index is 6.13. The van der Waals surface area contributed by atoms with Gasteiger partial charge in [-0.3, -0.25) is 0 Å². The number of hydrogen-bond acceptors (Lipinski definition) is 2. The van der Waals surface area contributed by atoms with Crippen molar-refractivity contribution in [2.24, 2.45) is 0 Å². The number of rotatable bonds is 4. The second-order valence-electron chi connectivity index (χ2n) is 5.21. The second-order valence-corrected chi connectivity index (χ2v) is 8.30. The molecule has 20 heavy (non-hydrogen) atoms. The first-order valence-corrected chi connectivity index (χ1v) is 9.73. The highest BCUT2D eigenvalue weighted by Crippen LogP contribution is 2.39. The van der Waals surface area contributed by atoms with Gasteiger partial charge in [0.05, 0.1) is 16.9 Å². The fraction of sp³-hybridized carbons (Fsp3) is 0.533. The number of hydrogen-bond donors (Lipinski definition) is 0. The van der Waals surface area contributed by atoms with E-state index in [0.717, 1.165) is 16.6 Å². The van der Waals surface area contributed by atoms with E-state index in [1.807, 2.05) is 0 Å². The van der Waals surface area contributed by atoms with Gasteiger partial charge in [-0.2, -0.15) is 11.8 Å². The monoisotopic (exact) mass is 420 g/mol. The molecule has 2 unspecified atom stereocenters. The summed E-state index contributed by atoms with van der Waals surface area (Å²) in [6.45, 7) is 2.25. The Labute approximate surface area is 142 Å². The lowest BCUT2D eigenvalue weighted by Gasteiger charge is -2.16. The van der Waals surface area contributed by atoms with Crippen LogP contribution < -0.4 is 0 Å². The summed E-state index contributed by atoms with van der Waals surface area (Å²) in [7, 11) is 0. The van der Waals surface area contributed by atoms with Crippen molar-refractivity contribution in [3.63, 3.8) is 0 Å². The molecular formula is C15H18ClIN2S. The van der Waals surface area contributed by atoms with Gasteiger partial charge < -0.3 is 4.57 Å². The summed E-state index contributed by atoms with van der Waals surface area (Å²) in [4.78, 5) is 4.73. The van der Waals surface area contributed by atoms with Crippen LogP contribution >= 0.6 is 46.0 Å². The van der Waals surface area contributed by atoms with Crippen molar-refractivity contribution < 1.29 is 0 Å². The Hall–Kier alpha value is 0.0600. The molecule has 1 aromatic carbocycles. The molecule has 1 fully saturated rings. The highest BCUT2D eigenvalue weighted by atomic mass is 127. The van der Waals surface area contributed by atoms with E-state index in [1.54, 1.807) is 0 Å². The van der Waals surface area contributed by atoms with Gasteiger partial charge in [0.15, 0.2) is 0 Å². The van der Waals surface area contributed by atoms with Crippen molar-refractivity contribution in [1.29, 1.82) is 0 Å². The minimum atomic E-state index is 0.493. The average molecular weight is 421 g/mol. The lowest BCUT2D eigenvalue weighted by molar-refractivity contribution is 0.519. The Morgan fingerprint density at radius 1 is 1.45 bits per heavy atom. The van der Waals surface area contributed by atoms with E-state index < -0.39 is 0 Å². The molecule has 2 nitrogen and oxygen atoms in total. The number of nitrogens with zero attached hydrogens (tertiary/aromatic N) is 2. The molecule has 0 saturated heterocycles. The van der Waals surface area contributed by atoms with Gasteiger partial charge in [-0.25, -0.2) is 4.98 Å². The number of thioether (sulfide) groups is 1. The molecule has 1 aliphatic rings. The molecule has 2 aromatic rings. The maximum absolute atomic E-state index is 6.13. The lowest BCUT2D eigenvalue weighted by Crippen LogP contribution is -2.09. The summed E-state index contributed by atoms with van der Waals surface area (Å²) in [5, 5.41) is 0.800. The number of imidazole rings is 1. The maximum Gasteiger partial charge on any atom is 0.125 e. The molecule has 0 amide bonds. The summed E-state index contributed by atoms with van der Waals surface area (Å²) in [6, 6.07) is 7.07. The molecule has 0 aliphatic heterocycles. The molecule has 0 bridgehead atoms. The van der Waals surface area contributed by atoms with Gasteiger partial charge in [-0.15, -0.1) is 11.6 Å². The molecule has 108 valence electrons. The van der Waals surface area contributed by atoms with E-state index >= 15 is 0 Å². The van der Waals surface area contributed by atoms with Crippen LogP contribution in [0.4, 0.5) is 0 Å². The predicted molar refractivity (Wildman–Crippen MR) is 96.8 cm³/mol. The van der Waals surface area contributed by atoms with E-state index in [1.165, 1.54) is 34.1 Å².